The molecule has 2 atom stereocenters. The van der Waals surface area contributed by atoms with Gasteiger partial charge in [0.25, 0.3) is 0 Å². The zero-order valence-corrected chi connectivity index (χ0v) is 13.6. The summed E-state index contributed by atoms with van der Waals surface area (Å²) in [6.45, 7) is 1.83. The number of nitrogens with zero attached hydrogens (tertiary/aromatic N) is 1. The molecule has 0 bridgehead atoms. The van der Waals surface area contributed by atoms with E-state index in [1.165, 1.54) is 0 Å². The van der Waals surface area contributed by atoms with E-state index >= 15 is 0 Å². The third-order valence-electron chi connectivity index (χ3n) is 4.72. The highest BCUT2D eigenvalue weighted by Crippen LogP contribution is 2.36. The maximum atomic E-state index is 12.2. The fraction of sp³-hybridized carbons (Fsp3) is 0.316. The van der Waals surface area contributed by atoms with Gasteiger partial charge >= 0.3 is 0 Å². The molecule has 2 aliphatic heterocycles. The van der Waals surface area contributed by atoms with Crippen LogP contribution in [0.5, 0.6) is 5.75 Å². The number of fused-ring (bicyclic) bond motifs is 1. The lowest BCUT2D eigenvalue weighted by Crippen LogP contribution is -2.44. The van der Waals surface area contributed by atoms with E-state index in [-0.39, 0.29) is 18.1 Å². The second-order valence-corrected chi connectivity index (χ2v) is 6.06. The van der Waals surface area contributed by atoms with Gasteiger partial charge in [-0.25, -0.2) is 0 Å². The van der Waals surface area contributed by atoms with Crippen LogP contribution < -0.4 is 10.1 Å². The molecular formula is C19H20N2O3. The quantitative estimate of drug-likeness (QED) is 0.940. The van der Waals surface area contributed by atoms with Crippen molar-refractivity contribution in [1.29, 1.82) is 0 Å². The van der Waals surface area contributed by atoms with E-state index < -0.39 is 0 Å². The van der Waals surface area contributed by atoms with Crippen LogP contribution in [0, 0.1) is 0 Å². The summed E-state index contributed by atoms with van der Waals surface area (Å²) < 4.78 is 11.1. The third kappa shape index (κ3) is 2.56. The lowest BCUT2D eigenvalue weighted by atomic mass is 10.0. The van der Waals surface area contributed by atoms with Crippen molar-refractivity contribution in [3.05, 3.63) is 54.1 Å². The van der Waals surface area contributed by atoms with Crippen LogP contribution in [0.15, 0.2) is 48.5 Å². The number of benzene rings is 2. The molecule has 24 heavy (non-hydrogen) atoms. The Bertz CT molecular complexity index is 748. The molecule has 0 saturated carbocycles. The van der Waals surface area contributed by atoms with Crippen LogP contribution in [0.4, 0.5) is 0 Å². The molecular weight excluding hydrogens is 304 g/mol. The first-order valence-electron chi connectivity index (χ1n) is 8.15. The number of morpholine rings is 1. The molecule has 2 fully saturated rings. The predicted octanol–water partition coefficient (Wildman–Crippen LogP) is 2.19. The summed E-state index contributed by atoms with van der Waals surface area (Å²) >= 11 is 0. The Morgan fingerprint density at radius 2 is 2.00 bits per heavy atom. The van der Waals surface area contributed by atoms with Crippen molar-refractivity contribution in [2.24, 2.45) is 0 Å². The second kappa shape index (κ2) is 6.26. The summed E-state index contributed by atoms with van der Waals surface area (Å²) in [6, 6.07) is 16.1. The highest BCUT2D eigenvalue weighted by atomic mass is 16.5. The van der Waals surface area contributed by atoms with Crippen LogP contribution in [-0.4, -0.2) is 43.7 Å². The number of nitrogens with one attached hydrogen (secondary N) is 1. The van der Waals surface area contributed by atoms with Crippen LogP contribution in [0.2, 0.25) is 0 Å². The Morgan fingerprint density at radius 1 is 1.17 bits per heavy atom. The Morgan fingerprint density at radius 3 is 2.79 bits per heavy atom. The maximum absolute atomic E-state index is 12.2. The molecule has 2 heterocycles. The molecule has 2 aromatic carbocycles. The number of ether oxygens (including phenoxy) is 2. The van der Waals surface area contributed by atoms with Gasteiger partial charge in [-0.05, 0) is 17.2 Å². The van der Waals surface area contributed by atoms with Gasteiger partial charge in [-0.1, -0.05) is 42.5 Å². The molecule has 2 saturated heterocycles. The third-order valence-corrected chi connectivity index (χ3v) is 4.72. The number of hydrogen-bond acceptors (Lipinski definition) is 4. The van der Waals surface area contributed by atoms with Gasteiger partial charge < -0.3 is 14.8 Å². The molecule has 124 valence electrons. The monoisotopic (exact) mass is 324 g/mol. The minimum atomic E-state index is -0.206. The van der Waals surface area contributed by atoms with Crippen LogP contribution >= 0.6 is 0 Å². The standard InChI is InChI=1S/C19H20N2O3/c1-23-17-11-14(13-5-3-2-4-6-13)7-8-15(17)18-20-19(22)16-12-24-10-9-21(16)18/h2-8,11,16,18H,9-10,12H2,1H3,(H,20,22)/t16-,18-/m1/s1. The second-order valence-electron chi connectivity index (χ2n) is 6.06. The van der Waals surface area contributed by atoms with Crippen LogP contribution in [0.25, 0.3) is 11.1 Å². The summed E-state index contributed by atoms with van der Waals surface area (Å²) in [5, 5.41) is 3.07. The van der Waals surface area contributed by atoms with Crippen molar-refractivity contribution in [2.75, 3.05) is 26.9 Å². The van der Waals surface area contributed by atoms with Crippen molar-refractivity contribution >= 4 is 5.91 Å². The Balaban J connectivity index is 1.69. The summed E-state index contributed by atoms with van der Waals surface area (Å²) in [5.74, 6) is 0.808. The largest absolute Gasteiger partial charge is 0.496 e. The molecule has 2 aliphatic rings. The highest BCUT2D eigenvalue weighted by Gasteiger charge is 2.43. The smallest absolute Gasteiger partial charge is 0.241 e. The van der Waals surface area contributed by atoms with E-state index in [1.807, 2.05) is 30.3 Å². The lowest BCUT2D eigenvalue weighted by molar-refractivity contribution is -0.125. The number of methoxy groups -OCH3 is 1. The van der Waals surface area contributed by atoms with E-state index in [0.29, 0.717) is 13.2 Å². The molecule has 5 nitrogen and oxygen atoms in total. The maximum Gasteiger partial charge on any atom is 0.241 e. The Hall–Kier alpha value is -2.37. The van der Waals surface area contributed by atoms with Crippen LogP contribution in [-0.2, 0) is 9.53 Å². The van der Waals surface area contributed by atoms with Gasteiger partial charge in [-0.3, -0.25) is 9.69 Å². The number of carbonyl (C=O) groups excluding carboxylic acids is 1. The Labute approximate surface area is 141 Å². The van der Waals surface area contributed by atoms with E-state index in [4.69, 9.17) is 9.47 Å². The average molecular weight is 324 g/mol. The van der Waals surface area contributed by atoms with Gasteiger partial charge in [-0.15, -0.1) is 0 Å². The molecule has 0 aromatic heterocycles. The van der Waals surface area contributed by atoms with Gasteiger partial charge in [-0.2, -0.15) is 0 Å². The zero-order valence-electron chi connectivity index (χ0n) is 13.6. The molecule has 0 unspecified atom stereocenters. The topological polar surface area (TPSA) is 50.8 Å². The van der Waals surface area contributed by atoms with Crippen molar-refractivity contribution in [2.45, 2.75) is 12.2 Å². The number of amides is 1. The Kier molecular flexibility index (Phi) is 3.96. The molecule has 0 radical (unpaired) electrons. The van der Waals surface area contributed by atoms with Gasteiger partial charge in [0.1, 0.15) is 18.0 Å². The molecule has 5 heteroatoms. The van der Waals surface area contributed by atoms with Crippen molar-refractivity contribution in [3.63, 3.8) is 0 Å². The molecule has 0 spiro atoms. The van der Waals surface area contributed by atoms with Gasteiger partial charge in [0, 0.05) is 12.1 Å². The molecule has 1 N–H and O–H groups in total. The van der Waals surface area contributed by atoms with E-state index in [2.05, 4.69) is 28.4 Å². The SMILES string of the molecule is COc1cc(-c2ccccc2)ccc1[C@@H]1NC(=O)[C@H]2COCCN21. The lowest BCUT2D eigenvalue weighted by Gasteiger charge is -2.32. The fourth-order valence-corrected chi connectivity index (χ4v) is 3.47. The summed E-state index contributed by atoms with van der Waals surface area (Å²) in [5.41, 5.74) is 3.22. The van der Waals surface area contributed by atoms with E-state index in [1.54, 1.807) is 7.11 Å². The minimum absolute atomic E-state index is 0.0221. The highest BCUT2D eigenvalue weighted by molar-refractivity contribution is 5.85. The molecule has 0 aliphatic carbocycles. The number of rotatable bonds is 3. The van der Waals surface area contributed by atoms with Crippen LogP contribution in [0.3, 0.4) is 0 Å². The zero-order chi connectivity index (χ0) is 16.5. The average Bonchev–Trinajstić information content (AvgIpc) is 2.99. The van der Waals surface area contributed by atoms with Crippen molar-refractivity contribution in [1.82, 2.24) is 10.2 Å². The molecule has 4 rings (SSSR count). The van der Waals surface area contributed by atoms with Gasteiger partial charge in [0.05, 0.1) is 20.3 Å². The minimum Gasteiger partial charge on any atom is -0.496 e. The fourth-order valence-electron chi connectivity index (χ4n) is 3.47. The summed E-state index contributed by atoms with van der Waals surface area (Å²) in [4.78, 5) is 14.4. The summed E-state index contributed by atoms with van der Waals surface area (Å²) in [7, 11) is 1.67. The van der Waals surface area contributed by atoms with Gasteiger partial charge in [0.2, 0.25) is 5.91 Å². The number of hydrogen-bond donors (Lipinski definition) is 1. The first-order valence-corrected chi connectivity index (χ1v) is 8.15. The normalized spacial score (nSPS) is 23.6. The van der Waals surface area contributed by atoms with Crippen molar-refractivity contribution in [3.8, 4) is 16.9 Å². The first-order chi connectivity index (χ1) is 11.8. The first kappa shape index (κ1) is 15.2. The summed E-state index contributed by atoms with van der Waals surface area (Å²) in [6.07, 6.45) is -0.161. The van der Waals surface area contributed by atoms with Crippen molar-refractivity contribution < 1.29 is 14.3 Å². The predicted molar refractivity (Wildman–Crippen MR) is 90.6 cm³/mol. The van der Waals surface area contributed by atoms with Crippen LogP contribution in [0.1, 0.15) is 11.7 Å². The van der Waals surface area contributed by atoms with E-state index in [9.17, 15) is 4.79 Å². The van der Waals surface area contributed by atoms with Gasteiger partial charge in [0.15, 0.2) is 0 Å². The molecule has 2 aromatic rings. The molecule has 1 amide bonds. The van der Waals surface area contributed by atoms with E-state index in [0.717, 1.165) is 29.0 Å². The number of carbonyl (C=O) groups is 1.